The monoisotopic (exact) mass is 422 g/mol. The summed E-state index contributed by atoms with van der Waals surface area (Å²) in [5, 5.41) is 3.89. The Hall–Kier alpha value is -2.96. The second kappa shape index (κ2) is 8.05. The topological polar surface area (TPSA) is 62.8 Å². The molecule has 0 spiro atoms. The summed E-state index contributed by atoms with van der Waals surface area (Å²) in [6.45, 7) is 1.57. The maximum absolute atomic E-state index is 14.9. The molecule has 0 unspecified atom stereocenters. The first-order valence-electron chi connectivity index (χ1n) is 9.93. The largest absolute Gasteiger partial charge is 0.490 e. The SMILES string of the molecule is Fc1ccc(Cl)cc1-c1c(-c2ccncc2OC[C@@H]2CCCN2)[nH]c2cccnc12. The van der Waals surface area contributed by atoms with Crippen LogP contribution in [0.3, 0.4) is 0 Å². The van der Waals surface area contributed by atoms with Gasteiger partial charge >= 0.3 is 0 Å². The lowest BCUT2D eigenvalue weighted by atomic mass is 10.00. The quantitative estimate of drug-likeness (QED) is 0.463. The number of aromatic amines is 1. The van der Waals surface area contributed by atoms with Crippen molar-refractivity contribution in [2.45, 2.75) is 18.9 Å². The van der Waals surface area contributed by atoms with Crippen molar-refractivity contribution in [3.63, 3.8) is 0 Å². The summed E-state index contributed by atoms with van der Waals surface area (Å²) >= 11 is 6.20. The van der Waals surface area contributed by atoms with Crippen LogP contribution in [0.15, 0.2) is 55.0 Å². The molecular weight excluding hydrogens is 403 g/mol. The van der Waals surface area contributed by atoms with E-state index in [1.807, 2.05) is 18.2 Å². The summed E-state index contributed by atoms with van der Waals surface area (Å²) in [5.41, 5.74) is 4.05. The van der Waals surface area contributed by atoms with Crippen molar-refractivity contribution in [3.8, 4) is 28.1 Å². The number of nitrogens with one attached hydrogen (secondary N) is 2. The zero-order valence-corrected chi connectivity index (χ0v) is 16.9. The molecule has 5 nitrogen and oxygen atoms in total. The van der Waals surface area contributed by atoms with E-state index in [2.05, 4.69) is 20.3 Å². The molecule has 0 aliphatic carbocycles. The van der Waals surface area contributed by atoms with Gasteiger partial charge in [0, 0.05) is 40.1 Å². The minimum absolute atomic E-state index is 0.326. The Bertz CT molecular complexity index is 1200. The second-order valence-electron chi connectivity index (χ2n) is 7.37. The van der Waals surface area contributed by atoms with E-state index in [9.17, 15) is 4.39 Å². The molecule has 2 N–H and O–H groups in total. The molecule has 1 aromatic carbocycles. The normalized spacial score (nSPS) is 16.3. The molecule has 0 bridgehead atoms. The van der Waals surface area contributed by atoms with E-state index < -0.39 is 0 Å². The molecule has 0 amide bonds. The van der Waals surface area contributed by atoms with Crippen LogP contribution in [0.2, 0.25) is 5.02 Å². The van der Waals surface area contributed by atoms with Crippen LogP contribution in [-0.2, 0) is 0 Å². The van der Waals surface area contributed by atoms with Crippen molar-refractivity contribution in [3.05, 3.63) is 65.8 Å². The van der Waals surface area contributed by atoms with E-state index in [0.29, 0.717) is 40.1 Å². The first-order chi connectivity index (χ1) is 14.7. The number of pyridine rings is 2. The summed E-state index contributed by atoms with van der Waals surface area (Å²) in [7, 11) is 0. The zero-order valence-electron chi connectivity index (χ0n) is 16.2. The predicted molar refractivity (Wildman–Crippen MR) is 116 cm³/mol. The summed E-state index contributed by atoms with van der Waals surface area (Å²) in [6, 6.07) is 10.5. The van der Waals surface area contributed by atoms with Gasteiger partial charge in [0.1, 0.15) is 18.2 Å². The van der Waals surface area contributed by atoms with Gasteiger partial charge in [-0.2, -0.15) is 0 Å². The Balaban J connectivity index is 1.66. The highest BCUT2D eigenvalue weighted by atomic mass is 35.5. The van der Waals surface area contributed by atoms with Crippen LogP contribution in [0.5, 0.6) is 5.75 Å². The molecule has 4 aromatic rings. The number of rotatable bonds is 5. The number of aromatic nitrogens is 3. The number of hydrogen-bond donors (Lipinski definition) is 2. The highest BCUT2D eigenvalue weighted by Crippen LogP contribution is 2.42. The number of halogens is 2. The number of hydrogen-bond acceptors (Lipinski definition) is 4. The fourth-order valence-electron chi connectivity index (χ4n) is 3.97. The van der Waals surface area contributed by atoms with Gasteiger partial charge in [0.25, 0.3) is 0 Å². The van der Waals surface area contributed by atoms with Crippen molar-refractivity contribution in [1.29, 1.82) is 0 Å². The molecule has 30 heavy (non-hydrogen) atoms. The maximum atomic E-state index is 14.9. The van der Waals surface area contributed by atoms with Gasteiger partial charge in [0.15, 0.2) is 0 Å². The van der Waals surface area contributed by atoms with Crippen molar-refractivity contribution >= 4 is 22.6 Å². The van der Waals surface area contributed by atoms with E-state index in [4.69, 9.17) is 16.3 Å². The number of ether oxygens (including phenoxy) is 1. The molecular formula is C23H20ClFN4O. The Morgan fingerprint density at radius 2 is 2.10 bits per heavy atom. The summed E-state index contributed by atoms with van der Waals surface area (Å²) in [6.07, 6.45) is 7.33. The van der Waals surface area contributed by atoms with Crippen LogP contribution in [-0.4, -0.2) is 34.1 Å². The first kappa shape index (κ1) is 19.0. The number of fused-ring (bicyclic) bond motifs is 1. The van der Waals surface area contributed by atoms with Crippen molar-refractivity contribution in [2.75, 3.05) is 13.2 Å². The van der Waals surface area contributed by atoms with Crippen LogP contribution >= 0.6 is 11.6 Å². The summed E-state index contributed by atoms with van der Waals surface area (Å²) in [4.78, 5) is 12.1. The average molecular weight is 423 g/mol. The number of benzene rings is 1. The molecule has 1 saturated heterocycles. The molecule has 1 aliphatic rings. The summed E-state index contributed by atoms with van der Waals surface area (Å²) in [5.74, 6) is 0.278. The third-order valence-electron chi connectivity index (χ3n) is 5.41. The smallest absolute Gasteiger partial charge is 0.146 e. The van der Waals surface area contributed by atoms with Crippen LogP contribution in [0.25, 0.3) is 33.4 Å². The standard InChI is InChI=1S/C23H20ClFN4O/c24-14-5-6-18(25)17(11-14)21-22(29-19-4-2-9-28-23(19)21)16-7-10-26-12-20(16)30-13-15-3-1-8-27-15/h2,4-7,9-12,15,27,29H,1,3,8,13H2/t15-/m0/s1. The molecule has 5 rings (SSSR count). The third kappa shape index (κ3) is 3.53. The molecule has 0 saturated carbocycles. The van der Waals surface area contributed by atoms with Gasteiger partial charge in [-0.05, 0) is 55.8 Å². The first-order valence-corrected chi connectivity index (χ1v) is 10.3. The fourth-order valence-corrected chi connectivity index (χ4v) is 4.14. The van der Waals surface area contributed by atoms with E-state index >= 15 is 0 Å². The van der Waals surface area contributed by atoms with E-state index in [-0.39, 0.29) is 5.82 Å². The maximum Gasteiger partial charge on any atom is 0.146 e. The van der Waals surface area contributed by atoms with Gasteiger partial charge in [0.05, 0.1) is 22.9 Å². The average Bonchev–Trinajstić information content (AvgIpc) is 3.42. The molecule has 0 radical (unpaired) electrons. The van der Waals surface area contributed by atoms with Crippen molar-refractivity contribution in [1.82, 2.24) is 20.3 Å². The molecule has 1 atom stereocenters. The predicted octanol–water partition coefficient (Wildman–Crippen LogP) is 5.22. The van der Waals surface area contributed by atoms with Crippen LogP contribution in [0, 0.1) is 5.82 Å². The van der Waals surface area contributed by atoms with Gasteiger partial charge in [-0.15, -0.1) is 0 Å². The van der Waals surface area contributed by atoms with Crippen LogP contribution in [0.4, 0.5) is 4.39 Å². The molecule has 1 aliphatic heterocycles. The number of H-pyrrole nitrogens is 1. The minimum Gasteiger partial charge on any atom is -0.490 e. The van der Waals surface area contributed by atoms with Gasteiger partial charge in [0.2, 0.25) is 0 Å². The van der Waals surface area contributed by atoms with Gasteiger partial charge < -0.3 is 15.0 Å². The van der Waals surface area contributed by atoms with Crippen LogP contribution < -0.4 is 10.1 Å². The fraction of sp³-hybridized carbons (Fsp3) is 0.217. The Morgan fingerprint density at radius 3 is 2.97 bits per heavy atom. The highest BCUT2D eigenvalue weighted by molar-refractivity contribution is 6.31. The lowest BCUT2D eigenvalue weighted by molar-refractivity contribution is 0.277. The van der Waals surface area contributed by atoms with Gasteiger partial charge in [-0.3, -0.25) is 9.97 Å². The Labute approximate surface area is 178 Å². The lowest BCUT2D eigenvalue weighted by Gasteiger charge is -2.15. The molecule has 7 heteroatoms. The molecule has 152 valence electrons. The van der Waals surface area contributed by atoms with Crippen LogP contribution in [0.1, 0.15) is 12.8 Å². The van der Waals surface area contributed by atoms with Crippen molar-refractivity contribution < 1.29 is 9.13 Å². The third-order valence-corrected chi connectivity index (χ3v) is 5.64. The molecule has 3 aromatic heterocycles. The Morgan fingerprint density at radius 1 is 1.17 bits per heavy atom. The number of nitrogens with zero attached hydrogens (tertiary/aromatic N) is 2. The molecule has 4 heterocycles. The Kier molecular flexibility index (Phi) is 5.11. The zero-order chi connectivity index (χ0) is 20.5. The minimum atomic E-state index is -0.362. The second-order valence-corrected chi connectivity index (χ2v) is 7.81. The highest BCUT2D eigenvalue weighted by Gasteiger charge is 2.22. The van der Waals surface area contributed by atoms with Gasteiger partial charge in [-0.25, -0.2) is 4.39 Å². The summed E-state index contributed by atoms with van der Waals surface area (Å²) < 4.78 is 21.0. The van der Waals surface area contributed by atoms with Gasteiger partial charge in [-0.1, -0.05) is 11.6 Å². The van der Waals surface area contributed by atoms with E-state index in [1.165, 1.54) is 12.1 Å². The molecule has 1 fully saturated rings. The lowest BCUT2D eigenvalue weighted by Crippen LogP contribution is -2.28. The van der Waals surface area contributed by atoms with E-state index in [1.54, 1.807) is 24.7 Å². The van der Waals surface area contributed by atoms with Crippen molar-refractivity contribution in [2.24, 2.45) is 0 Å². The van der Waals surface area contributed by atoms with E-state index in [0.717, 1.165) is 36.2 Å².